The lowest BCUT2D eigenvalue weighted by atomic mass is 9.86. The summed E-state index contributed by atoms with van der Waals surface area (Å²) in [6.45, 7) is 7.10. The molecule has 148 valence electrons. The fourth-order valence-electron chi connectivity index (χ4n) is 3.80. The van der Waals surface area contributed by atoms with Crippen LogP contribution in [-0.2, 0) is 18.4 Å². The summed E-state index contributed by atoms with van der Waals surface area (Å²) in [6.07, 6.45) is 4.83. The molecule has 1 aromatic carbocycles. The predicted octanol–water partition coefficient (Wildman–Crippen LogP) is 3.66. The molecule has 0 spiro atoms. The van der Waals surface area contributed by atoms with Crippen molar-refractivity contribution in [3.05, 3.63) is 47.0 Å². The maximum atomic E-state index is 13.1. The number of para-hydroxylation sites is 1. The van der Waals surface area contributed by atoms with Crippen LogP contribution in [0, 0.1) is 0 Å². The lowest BCUT2D eigenvalue weighted by Gasteiger charge is -2.23. The highest BCUT2D eigenvalue weighted by Gasteiger charge is 2.31. The maximum absolute atomic E-state index is 13.1. The Kier molecular flexibility index (Phi) is 4.73. The van der Waals surface area contributed by atoms with Gasteiger partial charge in [-0.15, -0.1) is 0 Å². The lowest BCUT2D eigenvalue weighted by Crippen LogP contribution is -2.29. The van der Waals surface area contributed by atoms with Crippen LogP contribution in [0.1, 0.15) is 78.8 Å². The van der Waals surface area contributed by atoms with Crippen molar-refractivity contribution in [3.63, 3.8) is 0 Å². The molecule has 2 N–H and O–H groups in total. The first kappa shape index (κ1) is 18.7. The average Bonchev–Trinajstić information content (AvgIpc) is 3.38. The molecule has 6 heteroatoms. The third-order valence-electron chi connectivity index (χ3n) is 5.43. The summed E-state index contributed by atoms with van der Waals surface area (Å²) < 4.78 is 1.94. The van der Waals surface area contributed by atoms with Gasteiger partial charge >= 0.3 is 0 Å². The van der Waals surface area contributed by atoms with E-state index in [1.165, 1.54) is 0 Å². The van der Waals surface area contributed by atoms with Crippen LogP contribution >= 0.6 is 0 Å². The zero-order chi connectivity index (χ0) is 19.9. The minimum Gasteiger partial charge on any atom is -0.347 e. The molecule has 1 fully saturated rings. The van der Waals surface area contributed by atoms with Crippen molar-refractivity contribution in [2.24, 2.45) is 0 Å². The van der Waals surface area contributed by atoms with Gasteiger partial charge in [-0.25, -0.2) is 4.98 Å². The van der Waals surface area contributed by atoms with Crippen LogP contribution in [0.25, 0.3) is 0 Å². The lowest BCUT2D eigenvalue weighted by molar-refractivity contribution is 0.0935. The van der Waals surface area contributed by atoms with Crippen molar-refractivity contribution in [1.82, 2.24) is 14.9 Å². The molecule has 0 bridgehead atoms. The van der Waals surface area contributed by atoms with E-state index < -0.39 is 0 Å². The topological polar surface area (TPSA) is 76.0 Å². The quantitative estimate of drug-likeness (QED) is 0.850. The number of hydrogen-bond acceptors (Lipinski definition) is 3. The van der Waals surface area contributed by atoms with E-state index in [-0.39, 0.29) is 23.3 Å². The van der Waals surface area contributed by atoms with Crippen LogP contribution in [0.5, 0.6) is 0 Å². The molecule has 28 heavy (non-hydrogen) atoms. The van der Waals surface area contributed by atoms with Crippen LogP contribution < -0.4 is 10.6 Å². The van der Waals surface area contributed by atoms with Crippen molar-refractivity contribution >= 4 is 17.5 Å². The SMILES string of the molecule is CC(C)(C)c1ccccc1NC(=O)c1nc(C(=O)NC2CC2)n2c1CCCC2. The smallest absolute Gasteiger partial charge is 0.287 e. The number of hydrogen-bond donors (Lipinski definition) is 2. The highest BCUT2D eigenvalue weighted by molar-refractivity contribution is 6.05. The molecule has 2 aliphatic rings. The number of nitrogens with zero attached hydrogens (tertiary/aromatic N) is 2. The van der Waals surface area contributed by atoms with E-state index >= 15 is 0 Å². The Morgan fingerprint density at radius 1 is 1.11 bits per heavy atom. The molecule has 1 saturated carbocycles. The van der Waals surface area contributed by atoms with E-state index in [2.05, 4.69) is 36.4 Å². The third-order valence-corrected chi connectivity index (χ3v) is 5.43. The van der Waals surface area contributed by atoms with E-state index in [1.54, 1.807) is 0 Å². The molecule has 0 atom stereocenters. The van der Waals surface area contributed by atoms with E-state index in [0.29, 0.717) is 11.5 Å². The van der Waals surface area contributed by atoms with Crippen LogP contribution in [0.3, 0.4) is 0 Å². The van der Waals surface area contributed by atoms with Crippen LogP contribution in [0.4, 0.5) is 5.69 Å². The average molecular weight is 380 g/mol. The number of rotatable bonds is 4. The Morgan fingerprint density at radius 2 is 1.86 bits per heavy atom. The number of anilines is 1. The highest BCUT2D eigenvalue weighted by atomic mass is 16.2. The van der Waals surface area contributed by atoms with Crippen LogP contribution in [-0.4, -0.2) is 27.4 Å². The first-order valence-corrected chi connectivity index (χ1v) is 10.2. The molecule has 0 unspecified atom stereocenters. The number of amides is 2. The Morgan fingerprint density at radius 3 is 2.57 bits per heavy atom. The number of imidazole rings is 1. The van der Waals surface area contributed by atoms with Gasteiger partial charge in [0.2, 0.25) is 0 Å². The molecule has 2 amide bonds. The standard InChI is InChI=1S/C22H28N4O2/c1-22(2,3)15-8-4-5-9-16(15)24-20(27)18-17-10-6-7-13-26(17)19(25-18)21(28)23-14-11-12-14/h4-5,8-9,14H,6-7,10-13H2,1-3H3,(H,23,28)(H,24,27). The molecule has 2 heterocycles. The minimum atomic E-state index is -0.243. The predicted molar refractivity (Wildman–Crippen MR) is 109 cm³/mol. The summed E-state index contributed by atoms with van der Waals surface area (Å²) in [5, 5.41) is 6.04. The fourth-order valence-corrected chi connectivity index (χ4v) is 3.80. The number of nitrogens with one attached hydrogen (secondary N) is 2. The molecule has 1 aromatic heterocycles. The summed E-state index contributed by atoms with van der Waals surface area (Å²) in [5.41, 5.74) is 3.03. The summed E-state index contributed by atoms with van der Waals surface area (Å²) in [7, 11) is 0. The number of carbonyl (C=O) groups excluding carboxylic acids is 2. The van der Waals surface area contributed by atoms with Crippen LogP contribution in [0.2, 0.25) is 0 Å². The molecule has 1 aliphatic carbocycles. The van der Waals surface area contributed by atoms with Gasteiger partial charge in [-0.05, 0) is 49.1 Å². The van der Waals surface area contributed by atoms with Gasteiger partial charge in [0.05, 0.1) is 5.69 Å². The number of aromatic nitrogens is 2. The highest BCUT2D eigenvalue weighted by Crippen LogP contribution is 2.30. The minimum absolute atomic E-state index is 0.0905. The Balaban J connectivity index is 1.65. The molecular weight excluding hydrogens is 352 g/mol. The second kappa shape index (κ2) is 7.08. The van der Waals surface area contributed by atoms with Crippen molar-refractivity contribution in [2.75, 3.05) is 5.32 Å². The van der Waals surface area contributed by atoms with Crippen molar-refractivity contribution in [1.29, 1.82) is 0 Å². The van der Waals surface area contributed by atoms with Gasteiger partial charge in [0.15, 0.2) is 11.5 Å². The number of carbonyl (C=O) groups is 2. The van der Waals surface area contributed by atoms with Crippen molar-refractivity contribution in [2.45, 2.75) is 70.9 Å². The Hall–Kier alpha value is -2.63. The van der Waals surface area contributed by atoms with E-state index in [4.69, 9.17) is 0 Å². The zero-order valence-electron chi connectivity index (χ0n) is 16.8. The second-order valence-electron chi connectivity index (χ2n) is 8.84. The normalized spacial score (nSPS) is 16.4. The molecule has 0 radical (unpaired) electrons. The zero-order valence-corrected chi connectivity index (χ0v) is 16.8. The van der Waals surface area contributed by atoms with Gasteiger partial charge in [-0.3, -0.25) is 9.59 Å². The maximum Gasteiger partial charge on any atom is 0.287 e. The first-order valence-electron chi connectivity index (χ1n) is 10.2. The Bertz CT molecular complexity index is 919. The van der Waals surface area contributed by atoms with Gasteiger partial charge in [0.1, 0.15) is 0 Å². The number of benzene rings is 1. The first-order chi connectivity index (χ1) is 13.3. The second-order valence-corrected chi connectivity index (χ2v) is 8.84. The van der Waals surface area contributed by atoms with Gasteiger partial charge in [-0.2, -0.15) is 0 Å². The third kappa shape index (κ3) is 3.68. The molecule has 1 aliphatic heterocycles. The fraction of sp³-hybridized carbons (Fsp3) is 0.500. The molecule has 2 aromatic rings. The van der Waals surface area contributed by atoms with Crippen molar-refractivity contribution in [3.8, 4) is 0 Å². The summed E-state index contributed by atoms with van der Waals surface area (Å²) >= 11 is 0. The van der Waals surface area contributed by atoms with Crippen LogP contribution in [0.15, 0.2) is 24.3 Å². The Labute approximate surface area is 165 Å². The summed E-state index contributed by atoms with van der Waals surface area (Å²) in [6, 6.07) is 8.12. The molecular formula is C22H28N4O2. The summed E-state index contributed by atoms with van der Waals surface area (Å²) in [4.78, 5) is 30.2. The monoisotopic (exact) mass is 380 g/mol. The van der Waals surface area contributed by atoms with E-state index in [1.807, 2.05) is 28.8 Å². The van der Waals surface area contributed by atoms with Gasteiger partial charge in [-0.1, -0.05) is 39.0 Å². The van der Waals surface area contributed by atoms with Gasteiger partial charge in [0, 0.05) is 18.3 Å². The van der Waals surface area contributed by atoms with E-state index in [0.717, 1.165) is 55.6 Å². The number of fused-ring (bicyclic) bond motifs is 1. The molecule has 6 nitrogen and oxygen atoms in total. The van der Waals surface area contributed by atoms with Gasteiger partial charge < -0.3 is 15.2 Å². The van der Waals surface area contributed by atoms with Crippen molar-refractivity contribution < 1.29 is 9.59 Å². The van der Waals surface area contributed by atoms with Gasteiger partial charge in [0.25, 0.3) is 11.8 Å². The summed E-state index contributed by atoms with van der Waals surface area (Å²) in [5.74, 6) is -0.0385. The molecule has 0 saturated heterocycles. The van der Waals surface area contributed by atoms with E-state index in [9.17, 15) is 9.59 Å². The largest absolute Gasteiger partial charge is 0.347 e. The molecule has 4 rings (SSSR count).